The molecule has 4 rings (SSSR count). The third-order valence-electron chi connectivity index (χ3n) is 4.95. The minimum absolute atomic E-state index is 0.339. The van der Waals surface area contributed by atoms with E-state index in [2.05, 4.69) is 0 Å². The topological polar surface area (TPSA) is 38.7 Å². The standard InChI is InChI=1S/C15H18ClN3O/c1-18-13-7-6-11(16)8-14(13)19(20)9-10-4-2-3-5-12(10)17-15(18)19/h6-8,10,12H,2-5,9H2,1H3. The van der Waals surface area contributed by atoms with Crippen LogP contribution in [0.5, 0.6) is 0 Å². The van der Waals surface area contributed by atoms with Crippen molar-refractivity contribution in [2.45, 2.75) is 31.7 Å². The van der Waals surface area contributed by atoms with Crippen LogP contribution in [-0.4, -0.2) is 25.6 Å². The normalized spacial score (nSPS) is 35.1. The highest BCUT2D eigenvalue weighted by molar-refractivity contribution is 6.31. The summed E-state index contributed by atoms with van der Waals surface area (Å²) in [5, 5.41) is 14.1. The second kappa shape index (κ2) is 4.20. The molecule has 1 aromatic rings. The molecule has 1 fully saturated rings. The quantitative estimate of drug-likeness (QED) is 0.542. The van der Waals surface area contributed by atoms with Gasteiger partial charge in [0.25, 0.3) is 0 Å². The highest BCUT2D eigenvalue weighted by Crippen LogP contribution is 2.47. The lowest BCUT2D eigenvalue weighted by Crippen LogP contribution is -2.58. The van der Waals surface area contributed by atoms with E-state index in [4.69, 9.17) is 16.6 Å². The maximum absolute atomic E-state index is 13.4. The van der Waals surface area contributed by atoms with Gasteiger partial charge in [-0.05, 0) is 25.0 Å². The van der Waals surface area contributed by atoms with Gasteiger partial charge in [-0.3, -0.25) is 9.55 Å². The molecule has 3 aliphatic rings. The Hall–Kier alpha value is -1.10. The molecular formula is C15H18ClN3O. The molecule has 20 heavy (non-hydrogen) atoms. The van der Waals surface area contributed by atoms with Crippen molar-refractivity contribution in [2.75, 3.05) is 18.5 Å². The number of hydroxylamine groups is 2. The number of guanidine groups is 1. The van der Waals surface area contributed by atoms with Gasteiger partial charge >= 0.3 is 5.96 Å². The van der Waals surface area contributed by atoms with Crippen molar-refractivity contribution in [1.82, 2.24) is 4.65 Å². The van der Waals surface area contributed by atoms with Crippen LogP contribution in [0, 0.1) is 11.1 Å². The van der Waals surface area contributed by atoms with E-state index in [1.165, 1.54) is 12.8 Å². The van der Waals surface area contributed by atoms with Crippen LogP contribution in [0.2, 0.25) is 5.02 Å². The number of halogens is 1. The molecule has 3 unspecified atom stereocenters. The van der Waals surface area contributed by atoms with Gasteiger partial charge in [0, 0.05) is 24.1 Å². The lowest BCUT2D eigenvalue weighted by atomic mass is 9.83. The van der Waals surface area contributed by atoms with Crippen LogP contribution in [0.4, 0.5) is 11.4 Å². The van der Waals surface area contributed by atoms with Gasteiger partial charge in [-0.1, -0.05) is 24.4 Å². The summed E-state index contributed by atoms with van der Waals surface area (Å²) in [4.78, 5) is 6.77. The van der Waals surface area contributed by atoms with E-state index >= 15 is 0 Å². The molecule has 0 aromatic heterocycles. The molecule has 106 valence electrons. The van der Waals surface area contributed by atoms with E-state index < -0.39 is 4.65 Å². The van der Waals surface area contributed by atoms with Gasteiger partial charge in [-0.2, -0.15) is 0 Å². The number of quaternary nitrogens is 1. The minimum Gasteiger partial charge on any atom is -0.619 e. The fraction of sp³-hybridized carbons (Fsp3) is 0.533. The van der Waals surface area contributed by atoms with Gasteiger partial charge in [0.1, 0.15) is 5.69 Å². The molecule has 0 spiro atoms. The molecule has 0 saturated heterocycles. The number of nitrogens with zero attached hydrogens (tertiary/aromatic N) is 3. The Morgan fingerprint density at radius 2 is 2.15 bits per heavy atom. The predicted molar refractivity (Wildman–Crippen MR) is 83.1 cm³/mol. The van der Waals surface area contributed by atoms with Crippen LogP contribution >= 0.6 is 11.6 Å². The zero-order chi connectivity index (χ0) is 13.9. The van der Waals surface area contributed by atoms with Crippen molar-refractivity contribution in [1.29, 1.82) is 0 Å². The number of hydrogen-bond acceptors (Lipinski definition) is 3. The Balaban J connectivity index is 1.86. The molecule has 0 N–H and O–H groups in total. The first-order chi connectivity index (χ1) is 9.59. The molecule has 3 atom stereocenters. The predicted octanol–water partition coefficient (Wildman–Crippen LogP) is 3.52. The van der Waals surface area contributed by atoms with Crippen LogP contribution in [0.1, 0.15) is 25.7 Å². The number of hydrogen-bond donors (Lipinski definition) is 0. The SMILES string of the molecule is CN1C2=NC3CCCCC3C[N+]2([O-])c2cc(Cl)ccc21. The van der Waals surface area contributed by atoms with Crippen molar-refractivity contribution in [3.8, 4) is 0 Å². The van der Waals surface area contributed by atoms with Crippen LogP contribution in [-0.2, 0) is 0 Å². The molecule has 4 nitrogen and oxygen atoms in total. The third kappa shape index (κ3) is 1.59. The molecule has 1 aromatic carbocycles. The number of fused-ring (bicyclic) bond motifs is 4. The molecular weight excluding hydrogens is 274 g/mol. The number of rotatable bonds is 0. The molecule has 0 radical (unpaired) electrons. The molecule has 1 aliphatic carbocycles. The van der Waals surface area contributed by atoms with Crippen molar-refractivity contribution in [3.63, 3.8) is 0 Å². The summed E-state index contributed by atoms with van der Waals surface area (Å²) in [5.41, 5.74) is 1.70. The Kier molecular flexibility index (Phi) is 2.65. The molecule has 0 bridgehead atoms. The first-order valence-corrected chi connectivity index (χ1v) is 7.69. The summed E-state index contributed by atoms with van der Waals surface area (Å²) in [6, 6.07) is 5.92. The van der Waals surface area contributed by atoms with E-state index in [-0.39, 0.29) is 0 Å². The lowest BCUT2D eigenvalue weighted by Gasteiger charge is -2.46. The van der Waals surface area contributed by atoms with Crippen molar-refractivity contribution >= 4 is 28.9 Å². The average Bonchev–Trinajstić information content (AvgIpc) is 2.65. The number of benzene rings is 1. The highest BCUT2D eigenvalue weighted by Gasteiger charge is 2.49. The van der Waals surface area contributed by atoms with Gasteiger partial charge < -0.3 is 5.21 Å². The molecule has 2 aliphatic heterocycles. The van der Waals surface area contributed by atoms with Crippen molar-refractivity contribution in [3.05, 3.63) is 28.4 Å². The molecule has 2 heterocycles. The smallest absolute Gasteiger partial charge is 0.310 e. The van der Waals surface area contributed by atoms with E-state index in [9.17, 15) is 5.21 Å². The fourth-order valence-electron chi connectivity index (χ4n) is 3.94. The Morgan fingerprint density at radius 3 is 3.00 bits per heavy atom. The zero-order valence-electron chi connectivity index (χ0n) is 11.6. The van der Waals surface area contributed by atoms with Gasteiger partial charge in [0.2, 0.25) is 0 Å². The summed E-state index contributed by atoms with van der Waals surface area (Å²) in [6.45, 7) is 0.612. The Bertz CT molecular complexity index is 603. The first kappa shape index (κ1) is 12.6. The second-order valence-corrected chi connectivity index (χ2v) is 6.59. The largest absolute Gasteiger partial charge is 0.619 e. The summed E-state index contributed by atoms with van der Waals surface area (Å²) in [7, 11) is 1.94. The maximum atomic E-state index is 13.4. The number of anilines is 1. The van der Waals surface area contributed by atoms with Crippen LogP contribution in [0.15, 0.2) is 23.2 Å². The van der Waals surface area contributed by atoms with Crippen LogP contribution in [0.3, 0.4) is 0 Å². The monoisotopic (exact) mass is 291 g/mol. The first-order valence-electron chi connectivity index (χ1n) is 7.31. The van der Waals surface area contributed by atoms with E-state index in [1.807, 2.05) is 30.1 Å². The average molecular weight is 292 g/mol. The second-order valence-electron chi connectivity index (χ2n) is 6.16. The van der Waals surface area contributed by atoms with E-state index in [1.54, 1.807) is 0 Å². The van der Waals surface area contributed by atoms with Gasteiger partial charge in [-0.25, -0.2) is 4.99 Å². The summed E-state index contributed by atoms with van der Waals surface area (Å²) >= 11 is 6.09. The fourth-order valence-corrected chi connectivity index (χ4v) is 4.10. The van der Waals surface area contributed by atoms with Crippen LogP contribution < -0.4 is 9.55 Å². The van der Waals surface area contributed by atoms with E-state index in [0.717, 1.165) is 24.2 Å². The third-order valence-corrected chi connectivity index (χ3v) is 5.19. The molecule has 1 saturated carbocycles. The lowest BCUT2D eigenvalue weighted by molar-refractivity contribution is 0.251. The zero-order valence-corrected chi connectivity index (χ0v) is 12.3. The molecule has 5 heteroatoms. The van der Waals surface area contributed by atoms with Crippen LogP contribution in [0.25, 0.3) is 0 Å². The summed E-state index contributed by atoms with van der Waals surface area (Å²) in [5.74, 6) is 1.06. The summed E-state index contributed by atoms with van der Waals surface area (Å²) < 4.78 is -0.423. The van der Waals surface area contributed by atoms with Gasteiger partial charge in [0.15, 0.2) is 5.69 Å². The van der Waals surface area contributed by atoms with Gasteiger partial charge in [0.05, 0.1) is 12.6 Å². The van der Waals surface area contributed by atoms with Crippen molar-refractivity contribution in [2.24, 2.45) is 10.9 Å². The number of aliphatic imine (C=N–C) groups is 1. The Morgan fingerprint density at radius 1 is 1.35 bits per heavy atom. The maximum Gasteiger partial charge on any atom is 0.310 e. The summed E-state index contributed by atoms with van der Waals surface area (Å²) in [6.07, 6.45) is 4.71. The molecule has 0 amide bonds. The van der Waals surface area contributed by atoms with Gasteiger partial charge in [-0.15, -0.1) is 0 Å². The van der Waals surface area contributed by atoms with E-state index in [0.29, 0.717) is 29.5 Å². The Labute approximate surface area is 123 Å². The highest BCUT2D eigenvalue weighted by atomic mass is 35.5. The van der Waals surface area contributed by atoms with Crippen molar-refractivity contribution < 1.29 is 0 Å². The minimum atomic E-state index is -0.423.